The molecule has 0 spiro atoms. The minimum atomic E-state index is -0.375. The van der Waals surface area contributed by atoms with E-state index in [0.717, 1.165) is 32.1 Å². The average molecular weight is 317 g/mol. The van der Waals surface area contributed by atoms with Gasteiger partial charge in [-0.25, -0.2) is 0 Å². The predicted octanol–water partition coefficient (Wildman–Crippen LogP) is 3.31. The van der Waals surface area contributed by atoms with Gasteiger partial charge in [-0.1, -0.05) is 19.8 Å². The third-order valence-electron chi connectivity index (χ3n) is 4.65. The minimum absolute atomic E-state index is 0.129. The Kier molecular flexibility index (Phi) is 5.53. The molecule has 2 fully saturated rings. The summed E-state index contributed by atoms with van der Waals surface area (Å²) in [5.41, 5.74) is -0.375. The normalized spacial score (nSPS) is 34.6. The Morgan fingerprint density at radius 3 is 2.76 bits per heavy atom. The molecule has 0 amide bonds. The van der Waals surface area contributed by atoms with Gasteiger partial charge in [-0.15, -0.1) is 11.6 Å². The molecule has 120 valence electrons. The first-order chi connectivity index (χ1) is 9.97. The Morgan fingerprint density at radius 1 is 1.33 bits per heavy atom. The van der Waals surface area contributed by atoms with Crippen molar-refractivity contribution in [3.05, 3.63) is 0 Å². The second-order valence-corrected chi connectivity index (χ2v) is 7.04. The standard InChI is InChI=1S/C16H25ClO4/c1-11-9-16(2)10-12(14(18)21-16)13(11)15(19)20-8-6-4-3-5-7-17/h11-13H,3-10H2,1-2H3/t11-,12+,13+,16-/m1/s1. The third kappa shape index (κ3) is 3.91. The van der Waals surface area contributed by atoms with Crippen molar-refractivity contribution in [2.45, 2.75) is 58.0 Å². The van der Waals surface area contributed by atoms with E-state index < -0.39 is 0 Å². The zero-order valence-electron chi connectivity index (χ0n) is 12.9. The number of ether oxygens (including phenoxy) is 2. The summed E-state index contributed by atoms with van der Waals surface area (Å²) in [6.07, 6.45) is 5.33. The molecule has 1 saturated heterocycles. The van der Waals surface area contributed by atoms with Crippen LogP contribution in [0.25, 0.3) is 0 Å². The van der Waals surface area contributed by atoms with E-state index in [4.69, 9.17) is 21.1 Å². The highest BCUT2D eigenvalue weighted by atomic mass is 35.5. The molecule has 0 aromatic rings. The van der Waals surface area contributed by atoms with Gasteiger partial charge in [0, 0.05) is 12.3 Å². The first-order valence-electron chi connectivity index (χ1n) is 7.92. The molecule has 0 aromatic carbocycles. The summed E-state index contributed by atoms with van der Waals surface area (Å²) in [6, 6.07) is 0. The lowest BCUT2D eigenvalue weighted by Crippen LogP contribution is -2.40. The Morgan fingerprint density at radius 2 is 2.05 bits per heavy atom. The lowest BCUT2D eigenvalue weighted by Gasteiger charge is -2.34. The number of hydrogen-bond donors (Lipinski definition) is 0. The quantitative estimate of drug-likeness (QED) is 0.411. The molecule has 0 radical (unpaired) electrons. The maximum atomic E-state index is 12.3. The molecule has 2 rings (SSSR count). The van der Waals surface area contributed by atoms with Gasteiger partial charge in [-0.05, 0) is 32.1 Å². The van der Waals surface area contributed by atoms with Crippen molar-refractivity contribution in [3.8, 4) is 0 Å². The number of alkyl halides is 1. The molecular weight excluding hydrogens is 292 g/mol. The van der Waals surface area contributed by atoms with Gasteiger partial charge in [0.2, 0.25) is 0 Å². The molecular formula is C16H25ClO4. The highest BCUT2D eigenvalue weighted by Gasteiger charge is 2.56. The van der Waals surface area contributed by atoms with E-state index in [1.54, 1.807) is 0 Å². The van der Waals surface area contributed by atoms with Gasteiger partial charge in [0.05, 0.1) is 18.4 Å². The van der Waals surface area contributed by atoms with E-state index in [1.165, 1.54) is 0 Å². The SMILES string of the molecule is C[C@@H]1C[C@]2(C)C[C@H](C(=O)O2)[C@H]1C(=O)OCCCCCCCl. The third-order valence-corrected chi connectivity index (χ3v) is 4.91. The maximum absolute atomic E-state index is 12.3. The summed E-state index contributed by atoms with van der Waals surface area (Å²) < 4.78 is 10.8. The summed E-state index contributed by atoms with van der Waals surface area (Å²) >= 11 is 5.61. The van der Waals surface area contributed by atoms with Crippen LogP contribution in [0.15, 0.2) is 0 Å². The lowest BCUT2D eigenvalue weighted by atomic mass is 9.69. The van der Waals surface area contributed by atoms with Crippen LogP contribution in [-0.4, -0.2) is 30.0 Å². The topological polar surface area (TPSA) is 52.6 Å². The van der Waals surface area contributed by atoms with Crippen molar-refractivity contribution in [3.63, 3.8) is 0 Å². The van der Waals surface area contributed by atoms with E-state index in [9.17, 15) is 9.59 Å². The number of halogens is 1. The average Bonchev–Trinajstić information content (AvgIpc) is 2.64. The van der Waals surface area contributed by atoms with Crippen LogP contribution >= 0.6 is 11.6 Å². The number of esters is 2. The van der Waals surface area contributed by atoms with E-state index in [2.05, 4.69) is 0 Å². The van der Waals surface area contributed by atoms with Gasteiger partial charge in [-0.2, -0.15) is 0 Å². The highest BCUT2D eigenvalue weighted by Crippen LogP contribution is 2.48. The van der Waals surface area contributed by atoms with Crippen molar-refractivity contribution >= 4 is 23.5 Å². The second kappa shape index (κ2) is 6.99. The Bertz CT molecular complexity index is 398. The van der Waals surface area contributed by atoms with E-state index in [-0.39, 0.29) is 35.3 Å². The van der Waals surface area contributed by atoms with E-state index in [1.807, 2.05) is 13.8 Å². The highest BCUT2D eigenvalue weighted by molar-refractivity contribution is 6.17. The number of fused-ring (bicyclic) bond motifs is 2. The van der Waals surface area contributed by atoms with Gasteiger partial charge in [0.15, 0.2) is 0 Å². The summed E-state index contributed by atoms with van der Waals surface area (Å²) in [5.74, 6) is -0.305. The Balaban J connectivity index is 1.80. The molecule has 1 aliphatic heterocycles. The maximum Gasteiger partial charge on any atom is 0.310 e. The van der Waals surface area contributed by atoms with Crippen LogP contribution in [0.2, 0.25) is 0 Å². The van der Waals surface area contributed by atoms with Gasteiger partial charge < -0.3 is 9.47 Å². The fourth-order valence-electron chi connectivity index (χ4n) is 3.73. The number of carbonyl (C=O) groups excluding carboxylic acids is 2. The van der Waals surface area contributed by atoms with Crippen LogP contribution in [0.4, 0.5) is 0 Å². The van der Waals surface area contributed by atoms with E-state index in [0.29, 0.717) is 18.9 Å². The summed E-state index contributed by atoms with van der Waals surface area (Å²) in [4.78, 5) is 24.2. The first-order valence-corrected chi connectivity index (χ1v) is 8.46. The summed E-state index contributed by atoms with van der Waals surface area (Å²) in [7, 11) is 0. The lowest BCUT2D eigenvalue weighted by molar-refractivity contribution is -0.157. The van der Waals surface area contributed by atoms with Crippen molar-refractivity contribution in [1.29, 1.82) is 0 Å². The molecule has 0 N–H and O–H groups in total. The fraction of sp³-hybridized carbons (Fsp3) is 0.875. The van der Waals surface area contributed by atoms with Crippen LogP contribution in [-0.2, 0) is 19.1 Å². The number of hydrogen-bond acceptors (Lipinski definition) is 4. The smallest absolute Gasteiger partial charge is 0.310 e. The molecule has 4 nitrogen and oxygen atoms in total. The number of carbonyl (C=O) groups is 2. The van der Waals surface area contributed by atoms with Crippen LogP contribution in [0.3, 0.4) is 0 Å². The van der Waals surface area contributed by atoms with Crippen LogP contribution < -0.4 is 0 Å². The molecule has 0 unspecified atom stereocenters. The fourth-order valence-corrected chi connectivity index (χ4v) is 3.92. The Labute approximate surface area is 131 Å². The Hall–Kier alpha value is -0.770. The predicted molar refractivity (Wildman–Crippen MR) is 80.0 cm³/mol. The van der Waals surface area contributed by atoms with Gasteiger partial charge in [0.25, 0.3) is 0 Å². The molecule has 5 heteroatoms. The molecule has 4 atom stereocenters. The first kappa shape index (κ1) is 16.6. The number of unbranched alkanes of at least 4 members (excludes halogenated alkanes) is 3. The minimum Gasteiger partial charge on any atom is -0.465 e. The van der Waals surface area contributed by atoms with Crippen LogP contribution in [0.1, 0.15) is 52.4 Å². The molecule has 21 heavy (non-hydrogen) atoms. The summed E-state index contributed by atoms with van der Waals surface area (Å²) in [6.45, 7) is 4.40. The van der Waals surface area contributed by atoms with Crippen LogP contribution in [0.5, 0.6) is 0 Å². The number of rotatable bonds is 7. The molecule has 0 aromatic heterocycles. The largest absolute Gasteiger partial charge is 0.465 e. The van der Waals surface area contributed by atoms with Crippen molar-refractivity contribution < 1.29 is 19.1 Å². The molecule has 1 heterocycles. The molecule has 2 bridgehead atoms. The second-order valence-electron chi connectivity index (χ2n) is 6.66. The van der Waals surface area contributed by atoms with Gasteiger partial charge in [-0.3, -0.25) is 9.59 Å². The zero-order valence-corrected chi connectivity index (χ0v) is 13.7. The van der Waals surface area contributed by atoms with Crippen molar-refractivity contribution in [2.24, 2.45) is 17.8 Å². The van der Waals surface area contributed by atoms with Gasteiger partial charge >= 0.3 is 11.9 Å². The molecule has 1 aliphatic carbocycles. The van der Waals surface area contributed by atoms with Crippen molar-refractivity contribution in [2.75, 3.05) is 12.5 Å². The van der Waals surface area contributed by atoms with E-state index >= 15 is 0 Å². The summed E-state index contributed by atoms with van der Waals surface area (Å²) in [5, 5.41) is 0. The monoisotopic (exact) mass is 316 g/mol. The van der Waals surface area contributed by atoms with Crippen LogP contribution in [0, 0.1) is 17.8 Å². The zero-order chi connectivity index (χ0) is 15.5. The van der Waals surface area contributed by atoms with Gasteiger partial charge in [0.1, 0.15) is 5.60 Å². The van der Waals surface area contributed by atoms with Crippen molar-refractivity contribution in [1.82, 2.24) is 0 Å². The molecule has 1 saturated carbocycles. The molecule has 2 aliphatic rings.